The van der Waals surface area contributed by atoms with E-state index in [2.05, 4.69) is 15.3 Å². The lowest BCUT2D eigenvalue weighted by Crippen LogP contribution is -2.13. The number of thiazole rings is 1. The zero-order valence-corrected chi connectivity index (χ0v) is 18.1. The summed E-state index contributed by atoms with van der Waals surface area (Å²) >= 11 is 2.53. The van der Waals surface area contributed by atoms with E-state index < -0.39 is 11.0 Å². The lowest BCUT2D eigenvalue weighted by Gasteiger charge is -2.14. The zero-order chi connectivity index (χ0) is 21.1. The molecule has 0 aliphatic heterocycles. The highest BCUT2D eigenvalue weighted by molar-refractivity contribution is 8.00. The average molecular weight is 446 g/mol. The minimum Gasteiger partial charge on any atom is -0.491 e. The number of carbonyl (C=O) groups excluding carboxylic acids is 1. The van der Waals surface area contributed by atoms with Gasteiger partial charge in [0.05, 0.1) is 23.5 Å². The molecule has 4 rings (SSSR count). The summed E-state index contributed by atoms with van der Waals surface area (Å²) in [6.07, 6.45) is 5.13. The van der Waals surface area contributed by atoms with Gasteiger partial charge in [0.15, 0.2) is 10.3 Å². The number of benzene rings is 1. The summed E-state index contributed by atoms with van der Waals surface area (Å²) in [5, 5.41) is 3.95. The standard InChI is InChI=1S/C21H20FN3O3S2/c1-12(2)27-15-7-13(20(26)25-21-24-11-18(22)30-21)8-16(9-15)28-14-3-6-19(23-10-14)29-17-4-5-17/h3,6-12,17H,4-5H2,1-2H3,(H,24,25,26). The summed E-state index contributed by atoms with van der Waals surface area (Å²) < 4.78 is 24.8. The van der Waals surface area contributed by atoms with Gasteiger partial charge in [0.2, 0.25) is 0 Å². The van der Waals surface area contributed by atoms with E-state index in [1.807, 2.05) is 26.0 Å². The summed E-state index contributed by atoms with van der Waals surface area (Å²) in [5.74, 6) is 1.06. The predicted molar refractivity (Wildman–Crippen MR) is 115 cm³/mol. The van der Waals surface area contributed by atoms with Crippen LogP contribution < -0.4 is 14.8 Å². The number of amides is 1. The van der Waals surface area contributed by atoms with Crippen molar-refractivity contribution < 1.29 is 18.7 Å². The van der Waals surface area contributed by atoms with E-state index in [4.69, 9.17) is 9.47 Å². The smallest absolute Gasteiger partial charge is 0.257 e. The minimum absolute atomic E-state index is 0.0791. The van der Waals surface area contributed by atoms with Gasteiger partial charge >= 0.3 is 0 Å². The number of nitrogens with zero attached hydrogens (tertiary/aromatic N) is 2. The van der Waals surface area contributed by atoms with Crippen molar-refractivity contribution in [2.24, 2.45) is 0 Å². The molecule has 0 saturated heterocycles. The third kappa shape index (κ3) is 5.70. The van der Waals surface area contributed by atoms with Crippen LogP contribution in [0.1, 0.15) is 37.0 Å². The summed E-state index contributed by atoms with van der Waals surface area (Å²) in [6.45, 7) is 3.79. The van der Waals surface area contributed by atoms with Gasteiger partial charge in [-0.15, -0.1) is 11.8 Å². The number of carbonyl (C=O) groups is 1. The summed E-state index contributed by atoms with van der Waals surface area (Å²) in [4.78, 5) is 20.9. The first-order valence-corrected chi connectivity index (χ1v) is 11.2. The molecule has 1 saturated carbocycles. The molecule has 0 bridgehead atoms. The molecule has 30 heavy (non-hydrogen) atoms. The maximum atomic E-state index is 13.2. The van der Waals surface area contributed by atoms with Gasteiger partial charge in [-0.2, -0.15) is 4.39 Å². The molecular formula is C21H20FN3O3S2. The molecule has 0 radical (unpaired) electrons. The number of anilines is 1. The zero-order valence-electron chi connectivity index (χ0n) is 16.4. The molecule has 1 N–H and O–H groups in total. The van der Waals surface area contributed by atoms with Gasteiger partial charge < -0.3 is 9.47 Å². The Bertz CT molecular complexity index is 1040. The molecule has 1 aromatic carbocycles. The van der Waals surface area contributed by atoms with Crippen LogP contribution in [0.3, 0.4) is 0 Å². The van der Waals surface area contributed by atoms with Crippen LogP contribution in [0, 0.1) is 5.13 Å². The first-order valence-electron chi connectivity index (χ1n) is 9.49. The van der Waals surface area contributed by atoms with Crippen molar-refractivity contribution in [1.82, 2.24) is 9.97 Å². The number of halogens is 1. The number of nitrogens with one attached hydrogen (secondary N) is 1. The van der Waals surface area contributed by atoms with E-state index in [-0.39, 0.29) is 11.2 Å². The van der Waals surface area contributed by atoms with Crippen LogP contribution in [0.5, 0.6) is 17.2 Å². The second-order valence-electron chi connectivity index (χ2n) is 7.03. The summed E-state index contributed by atoms with van der Waals surface area (Å²) in [5.41, 5.74) is 0.313. The molecule has 0 atom stereocenters. The van der Waals surface area contributed by atoms with Gasteiger partial charge in [0.1, 0.15) is 17.2 Å². The molecule has 6 nitrogen and oxygen atoms in total. The molecule has 2 heterocycles. The molecule has 156 valence electrons. The first-order chi connectivity index (χ1) is 14.4. The van der Waals surface area contributed by atoms with Crippen molar-refractivity contribution in [2.45, 2.75) is 43.1 Å². The monoisotopic (exact) mass is 445 g/mol. The summed E-state index contributed by atoms with van der Waals surface area (Å²) in [7, 11) is 0. The molecule has 0 spiro atoms. The largest absolute Gasteiger partial charge is 0.491 e. The van der Waals surface area contributed by atoms with E-state index in [0.717, 1.165) is 22.6 Å². The Kier molecular flexibility index (Phi) is 6.19. The topological polar surface area (TPSA) is 73.3 Å². The van der Waals surface area contributed by atoms with E-state index in [0.29, 0.717) is 28.1 Å². The Morgan fingerprint density at radius 1 is 1.17 bits per heavy atom. The second kappa shape index (κ2) is 9.01. The van der Waals surface area contributed by atoms with Crippen molar-refractivity contribution in [1.29, 1.82) is 0 Å². The summed E-state index contributed by atoms with van der Waals surface area (Å²) in [6, 6.07) is 8.70. The lowest BCUT2D eigenvalue weighted by atomic mass is 10.2. The number of rotatable bonds is 8. The van der Waals surface area contributed by atoms with E-state index in [1.54, 1.807) is 36.2 Å². The fraction of sp³-hybridized carbons (Fsp3) is 0.286. The fourth-order valence-electron chi connectivity index (χ4n) is 2.57. The van der Waals surface area contributed by atoms with Crippen LogP contribution in [0.2, 0.25) is 0 Å². The number of pyridine rings is 1. The van der Waals surface area contributed by atoms with Crippen LogP contribution in [0.25, 0.3) is 0 Å². The normalized spacial score (nSPS) is 13.3. The van der Waals surface area contributed by atoms with Gasteiger partial charge in [0.25, 0.3) is 5.91 Å². The number of aromatic nitrogens is 2. The highest BCUT2D eigenvalue weighted by atomic mass is 32.2. The Morgan fingerprint density at radius 3 is 2.60 bits per heavy atom. The average Bonchev–Trinajstić information content (AvgIpc) is 3.42. The van der Waals surface area contributed by atoms with E-state index in [1.165, 1.54) is 12.8 Å². The van der Waals surface area contributed by atoms with Crippen LogP contribution in [0.4, 0.5) is 9.52 Å². The molecule has 1 aliphatic rings. The molecule has 1 aliphatic carbocycles. The molecule has 9 heteroatoms. The number of ether oxygens (including phenoxy) is 2. The van der Waals surface area contributed by atoms with Gasteiger partial charge in [0, 0.05) is 16.9 Å². The minimum atomic E-state index is -0.470. The molecule has 1 amide bonds. The predicted octanol–water partition coefficient (Wildman–Crippen LogP) is 5.76. The Morgan fingerprint density at radius 2 is 1.97 bits per heavy atom. The maximum absolute atomic E-state index is 13.2. The SMILES string of the molecule is CC(C)Oc1cc(Oc2ccc(SC3CC3)nc2)cc(C(=O)Nc2ncc(F)s2)c1. The van der Waals surface area contributed by atoms with Gasteiger partial charge in [-0.1, -0.05) is 11.3 Å². The number of hydrogen-bond donors (Lipinski definition) is 1. The van der Waals surface area contributed by atoms with Gasteiger partial charge in [-0.25, -0.2) is 9.97 Å². The van der Waals surface area contributed by atoms with Crippen LogP contribution in [0.15, 0.2) is 47.8 Å². The Labute approximate surface area is 181 Å². The number of thioether (sulfide) groups is 1. The van der Waals surface area contributed by atoms with Crippen LogP contribution in [-0.2, 0) is 0 Å². The van der Waals surface area contributed by atoms with Crippen molar-refractivity contribution in [3.8, 4) is 17.2 Å². The third-order valence-corrected chi connectivity index (χ3v) is 5.96. The molecule has 0 unspecified atom stereocenters. The van der Waals surface area contributed by atoms with Gasteiger partial charge in [-0.05, 0) is 51.0 Å². The van der Waals surface area contributed by atoms with Gasteiger partial charge in [-0.3, -0.25) is 10.1 Å². The second-order valence-corrected chi connectivity index (χ2v) is 9.34. The fourth-order valence-corrected chi connectivity index (χ4v) is 4.09. The number of hydrogen-bond acceptors (Lipinski definition) is 7. The van der Waals surface area contributed by atoms with Crippen LogP contribution in [-0.4, -0.2) is 27.2 Å². The highest BCUT2D eigenvalue weighted by Gasteiger charge is 2.23. The first kappa shape index (κ1) is 20.6. The Hall–Kier alpha value is -2.65. The Balaban J connectivity index is 1.53. The quantitative estimate of drug-likeness (QED) is 0.475. The highest BCUT2D eigenvalue weighted by Crippen LogP contribution is 2.38. The molecule has 1 fully saturated rings. The van der Waals surface area contributed by atoms with Crippen molar-refractivity contribution in [3.05, 3.63) is 53.4 Å². The van der Waals surface area contributed by atoms with Crippen molar-refractivity contribution >= 4 is 34.1 Å². The van der Waals surface area contributed by atoms with E-state index in [9.17, 15) is 9.18 Å². The molecule has 2 aromatic heterocycles. The van der Waals surface area contributed by atoms with E-state index >= 15 is 0 Å². The van der Waals surface area contributed by atoms with Crippen LogP contribution >= 0.6 is 23.1 Å². The third-order valence-electron chi connectivity index (χ3n) is 3.97. The van der Waals surface area contributed by atoms with Crippen molar-refractivity contribution in [2.75, 3.05) is 5.32 Å². The maximum Gasteiger partial charge on any atom is 0.257 e. The molecular weight excluding hydrogens is 425 g/mol. The van der Waals surface area contributed by atoms with Crippen molar-refractivity contribution in [3.63, 3.8) is 0 Å². The lowest BCUT2D eigenvalue weighted by molar-refractivity contribution is 0.102. The molecule has 3 aromatic rings.